The summed E-state index contributed by atoms with van der Waals surface area (Å²) >= 11 is 0. The highest BCUT2D eigenvalue weighted by molar-refractivity contribution is 5.68. The number of esters is 3. The molecule has 0 radical (unpaired) electrons. The van der Waals surface area contributed by atoms with Gasteiger partial charge in [0.15, 0.2) is 6.10 Å². The Morgan fingerprint density at radius 1 is 0.919 bits per heavy atom. The van der Waals surface area contributed by atoms with E-state index in [4.69, 9.17) is 18.9 Å². The zero-order valence-corrected chi connectivity index (χ0v) is 22.3. The van der Waals surface area contributed by atoms with Crippen molar-refractivity contribution in [3.63, 3.8) is 0 Å². The van der Waals surface area contributed by atoms with Crippen molar-refractivity contribution in [2.75, 3.05) is 6.61 Å². The Balaban J connectivity index is 2.01. The van der Waals surface area contributed by atoms with Crippen LogP contribution in [0.1, 0.15) is 61.3 Å². The van der Waals surface area contributed by atoms with Crippen LogP contribution >= 0.6 is 0 Å². The van der Waals surface area contributed by atoms with Gasteiger partial charge in [0.05, 0.1) is 18.8 Å². The minimum absolute atomic E-state index is 0.0472. The van der Waals surface area contributed by atoms with Gasteiger partial charge in [-0.2, -0.15) is 0 Å². The van der Waals surface area contributed by atoms with Crippen LogP contribution in [0.15, 0.2) is 11.1 Å². The number of epoxide rings is 1. The lowest BCUT2D eigenvalue weighted by atomic mass is 9.46. The molecule has 1 spiro atoms. The molecule has 10 atom stereocenters. The average molecular weight is 527 g/mol. The minimum Gasteiger partial charge on any atom is -0.459 e. The Morgan fingerprint density at radius 3 is 1.95 bits per heavy atom. The Hall–Kier alpha value is -2.05. The van der Waals surface area contributed by atoms with Crippen LogP contribution in [0, 0.1) is 16.7 Å². The summed E-state index contributed by atoms with van der Waals surface area (Å²) in [6, 6.07) is 0. The molecule has 2 bridgehead atoms. The predicted octanol–water partition coefficient (Wildman–Crippen LogP) is 0.151. The van der Waals surface area contributed by atoms with Crippen molar-refractivity contribution in [1.29, 1.82) is 0 Å². The van der Waals surface area contributed by atoms with Gasteiger partial charge in [-0.15, -0.1) is 0 Å². The van der Waals surface area contributed by atoms with Gasteiger partial charge >= 0.3 is 17.9 Å². The maximum absolute atomic E-state index is 12.4. The van der Waals surface area contributed by atoms with Crippen molar-refractivity contribution in [3.8, 4) is 0 Å². The quantitative estimate of drug-likeness (QED) is 0.171. The predicted molar refractivity (Wildman–Crippen MR) is 126 cm³/mol. The number of carbonyl (C=O) groups excluding carboxylic acids is 3. The summed E-state index contributed by atoms with van der Waals surface area (Å²) in [7, 11) is 0. The molecule has 2 saturated carbocycles. The van der Waals surface area contributed by atoms with Gasteiger partial charge in [0.2, 0.25) is 0 Å². The van der Waals surface area contributed by atoms with E-state index < -0.39 is 82.5 Å². The van der Waals surface area contributed by atoms with Crippen molar-refractivity contribution in [3.05, 3.63) is 11.1 Å². The molecule has 3 aliphatic carbocycles. The van der Waals surface area contributed by atoms with E-state index in [0.717, 1.165) is 0 Å². The molecule has 4 aliphatic rings. The zero-order valence-electron chi connectivity index (χ0n) is 22.3. The molecule has 0 aromatic rings. The standard InChI is InChI=1S/C26H38O11/c1-11-15(35-12(2)27)9-26(33)22(32)20-24(7,16(30)8-17(36-13(3)28)25(20)10-34-25)21(31)19(37-14(4)29)18(11)23(26,5)6/h15-17,19-22,30-33H,8-10H2,1-7H3. The van der Waals surface area contributed by atoms with Gasteiger partial charge in [0.25, 0.3) is 0 Å². The Labute approximate surface area is 215 Å². The van der Waals surface area contributed by atoms with E-state index >= 15 is 0 Å². The lowest BCUT2D eigenvalue weighted by Crippen LogP contribution is -2.75. The van der Waals surface area contributed by atoms with Crippen LogP contribution < -0.4 is 0 Å². The molecule has 4 rings (SSSR count). The first kappa shape index (κ1) is 28.0. The molecule has 3 fully saturated rings. The fraction of sp³-hybridized carbons (Fsp3) is 0.808. The van der Waals surface area contributed by atoms with E-state index in [1.165, 1.54) is 20.8 Å². The highest BCUT2D eigenvalue weighted by atomic mass is 16.6. The van der Waals surface area contributed by atoms with Crippen LogP contribution in [0.5, 0.6) is 0 Å². The van der Waals surface area contributed by atoms with Gasteiger partial charge in [0, 0.05) is 50.4 Å². The monoisotopic (exact) mass is 526 g/mol. The summed E-state index contributed by atoms with van der Waals surface area (Å²) in [6.07, 6.45) is -8.14. The van der Waals surface area contributed by atoms with Crippen molar-refractivity contribution in [2.45, 2.75) is 109 Å². The van der Waals surface area contributed by atoms with Crippen molar-refractivity contribution in [2.24, 2.45) is 16.7 Å². The number of hydrogen-bond donors (Lipinski definition) is 4. The molecule has 0 amide bonds. The van der Waals surface area contributed by atoms with E-state index in [1.807, 2.05) is 0 Å². The van der Waals surface area contributed by atoms with E-state index in [1.54, 1.807) is 27.7 Å². The molecule has 11 nitrogen and oxygen atoms in total. The largest absolute Gasteiger partial charge is 0.459 e. The summed E-state index contributed by atoms with van der Waals surface area (Å²) in [5.74, 6) is -3.10. The third-order valence-electron chi connectivity index (χ3n) is 9.46. The highest BCUT2D eigenvalue weighted by Gasteiger charge is 2.77. The second-order valence-corrected chi connectivity index (χ2v) is 11.8. The van der Waals surface area contributed by atoms with Gasteiger partial charge in [-0.3, -0.25) is 14.4 Å². The van der Waals surface area contributed by atoms with E-state index in [-0.39, 0.29) is 19.4 Å². The number of aliphatic hydroxyl groups is 4. The second-order valence-electron chi connectivity index (χ2n) is 11.8. The molecule has 1 aliphatic heterocycles. The molecule has 37 heavy (non-hydrogen) atoms. The van der Waals surface area contributed by atoms with Gasteiger partial charge in [-0.25, -0.2) is 0 Å². The van der Waals surface area contributed by atoms with Crippen molar-refractivity contribution >= 4 is 17.9 Å². The summed E-state index contributed by atoms with van der Waals surface area (Å²) in [5.41, 5.74) is -5.40. The van der Waals surface area contributed by atoms with Crippen LogP contribution in [-0.2, 0) is 33.3 Å². The average Bonchev–Trinajstić information content (AvgIpc) is 3.54. The highest BCUT2D eigenvalue weighted by Crippen LogP contribution is 2.65. The third kappa shape index (κ3) is 3.84. The lowest BCUT2D eigenvalue weighted by molar-refractivity contribution is -0.276. The normalized spacial score (nSPS) is 46.3. The molecular weight excluding hydrogens is 488 g/mol. The Kier molecular flexibility index (Phi) is 6.61. The smallest absolute Gasteiger partial charge is 0.303 e. The summed E-state index contributed by atoms with van der Waals surface area (Å²) < 4.78 is 22.6. The maximum atomic E-state index is 12.4. The summed E-state index contributed by atoms with van der Waals surface area (Å²) in [6.45, 7) is 10.2. The third-order valence-corrected chi connectivity index (χ3v) is 9.46. The molecular formula is C26H38O11. The molecule has 0 aromatic carbocycles. The number of carbonyl (C=O) groups is 3. The van der Waals surface area contributed by atoms with Crippen LogP contribution in [0.25, 0.3) is 0 Å². The van der Waals surface area contributed by atoms with Crippen molar-refractivity contribution < 1.29 is 53.8 Å². The topological polar surface area (TPSA) is 172 Å². The maximum Gasteiger partial charge on any atom is 0.303 e. The fourth-order valence-electron chi connectivity index (χ4n) is 7.43. The number of ether oxygens (including phenoxy) is 4. The molecule has 10 unspecified atom stereocenters. The van der Waals surface area contributed by atoms with E-state index in [2.05, 4.69) is 0 Å². The molecule has 0 aromatic heterocycles. The molecule has 1 saturated heterocycles. The number of fused-ring (bicyclic) bond motifs is 4. The van der Waals surface area contributed by atoms with E-state index in [0.29, 0.717) is 11.1 Å². The minimum atomic E-state index is -2.00. The second kappa shape index (κ2) is 8.74. The molecule has 1 heterocycles. The first-order valence-corrected chi connectivity index (χ1v) is 12.6. The Bertz CT molecular complexity index is 1030. The number of aliphatic hydroxyl groups excluding tert-OH is 3. The number of hydrogen-bond acceptors (Lipinski definition) is 11. The lowest BCUT2D eigenvalue weighted by Gasteiger charge is -2.63. The number of rotatable bonds is 3. The molecule has 208 valence electrons. The van der Waals surface area contributed by atoms with Gasteiger partial charge in [-0.05, 0) is 18.1 Å². The van der Waals surface area contributed by atoms with Gasteiger partial charge in [-0.1, -0.05) is 20.8 Å². The fourth-order valence-corrected chi connectivity index (χ4v) is 7.43. The first-order valence-electron chi connectivity index (χ1n) is 12.6. The summed E-state index contributed by atoms with van der Waals surface area (Å²) in [5, 5.41) is 47.9. The van der Waals surface area contributed by atoms with Gasteiger partial charge < -0.3 is 39.4 Å². The Morgan fingerprint density at radius 2 is 1.46 bits per heavy atom. The van der Waals surface area contributed by atoms with E-state index in [9.17, 15) is 34.8 Å². The van der Waals surface area contributed by atoms with Crippen LogP contribution in [0.2, 0.25) is 0 Å². The van der Waals surface area contributed by atoms with Crippen LogP contribution in [-0.4, -0.2) is 92.8 Å². The molecule has 11 heteroatoms. The van der Waals surface area contributed by atoms with Gasteiger partial charge in [0.1, 0.15) is 29.5 Å². The first-order chi connectivity index (χ1) is 16.9. The van der Waals surface area contributed by atoms with Crippen molar-refractivity contribution in [1.82, 2.24) is 0 Å². The van der Waals surface area contributed by atoms with Crippen LogP contribution in [0.3, 0.4) is 0 Å². The van der Waals surface area contributed by atoms with Crippen LogP contribution in [0.4, 0.5) is 0 Å². The zero-order chi connectivity index (χ0) is 27.9. The summed E-state index contributed by atoms with van der Waals surface area (Å²) in [4.78, 5) is 36.2. The SMILES string of the molecule is CC(=O)OC1CC2(O)C(O)C3C4(CO4)C(OC(C)=O)CC(O)C3(C)C(O)C(OC(C)=O)C(=C1C)C2(C)C. The molecule has 4 N–H and O–H groups in total.